The fourth-order valence-corrected chi connectivity index (χ4v) is 8.63. The fraction of sp³-hybridized carbons (Fsp3) is 0.442. The van der Waals surface area contributed by atoms with Gasteiger partial charge in [0.15, 0.2) is 11.6 Å². The molecule has 9 heteroatoms. The van der Waals surface area contributed by atoms with Crippen molar-refractivity contribution in [3.63, 3.8) is 0 Å². The second kappa shape index (κ2) is 15.0. The Hall–Kier alpha value is -4.31. The first-order valence-corrected chi connectivity index (χ1v) is 19.0. The highest BCUT2D eigenvalue weighted by Crippen LogP contribution is 2.40. The summed E-state index contributed by atoms with van der Waals surface area (Å²) in [6, 6.07) is 29.7. The maximum absolute atomic E-state index is 13.6. The van der Waals surface area contributed by atoms with Gasteiger partial charge in [0.05, 0.1) is 19.8 Å². The van der Waals surface area contributed by atoms with E-state index in [1.807, 2.05) is 12.1 Å². The molecule has 0 N–H and O–H groups in total. The van der Waals surface area contributed by atoms with Crippen LogP contribution in [-0.4, -0.2) is 81.3 Å². The van der Waals surface area contributed by atoms with Gasteiger partial charge in [-0.2, -0.15) is 0 Å². The molecule has 4 aliphatic heterocycles. The van der Waals surface area contributed by atoms with Gasteiger partial charge in [0.25, 0.3) is 0 Å². The number of nitrogens with zero attached hydrogens (tertiary/aromatic N) is 4. The number of para-hydroxylation sites is 1. The van der Waals surface area contributed by atoms with Crippen molar-refractivity contribution >= 4 is 33.8 Å². The molecule has 0 amide bonds. The summed E-state index contributed by atoms with van der Waals surface area (Å²) >= 11 is 0. The van der Waals surface area contributed by atoms with Crippen molar-refractivity contribution in [3.8, 4) is 0 Å². The molecular formula is C43H49FN4O4. The minimum Gasteiger partial charge on any atom is -0.479 e. The van der Waals surface area contributed by atoms with Gasteiger partial charge >= 0.3 is 0 Å². The van der Waals surface area contributed by atoms with Gasteiger partial charge in [0.1, 0.15) is 18.0 Å². The number of halogens is 1. The van der Waals surface area contributed by atoms with Crippen LogP contribution in [0.2, 0.25) is 0 Å². The van der Waals surface area contributed by atoms with E-state index in [0.717, 1.165) is 99.0 Å². The third-order valence-corrected chi connectivity index (χ3v) is 11.7. The van der Waals surface area contributed by atoms with Crippen LogP contribution in [0.1, 0.15) is 61.4 Å². The molecule has 0 aliphatic carbocycles. The van der Waals surface area contributed by atoms with Crippen LogP contribution in [0.15, 0.2) is 96.0 Å². The molecule has 4 aromatic rings. The SMILES string of the molecule is CC(=O)c1ccc2cc(N3CCC(COC4=NCN(c5ccccc5)C45CCN(CCCC4(c6ccc(F)cc6)OCCO4)CC5)CC3)ccc2c1. The molecule has 0 bridgehead atoms. The van der Waals surface area contributed by atoms with Crippen LogP contribution >= 0.6 is 0 Å². The van der Waals surface area contributed by atoms with Gasteiger partial charge in [-0.05, 0) is 105 Å². The molecule has 272 valence electrons. The summed E-state index contributed by atoms with van der Waals surface area (Å²) in [5.41, 5.74) is 3.82. The number of piperidine rings is 2. The van der Waals surface area contributed by atoms with Gasteiger partial charge in [-0.25, -0.2) is 9.38 Å². The largest absolute Gasteiger partial charge is 0.479 e. The van der Waals surface area contributed by atoms with Gasteiger partial charge in [-0.3, -0.25) is 4.79 Å². The summed E-state index contributed by atoms with van der Waals surface area (Å²) in [5, 5.41) is 2.27. The number of carbonyl (C=O) groups is 1. The number of benzene rings is 4. The number of hydrogen-bond acceptors (Lipinski definition) is 8. The first kappa shape index (κ1) is 34.8. The van der Waals surface area contributed by atoms with Crippen LogP contribution in [0.5, 0.6) is 0 Å². The lowest BCUT2D eigenvalue weighted by atomic mass is 9.85. The van der Waals surface area contributed by atoms with E-state index in [1.165, 1.54) is 23.5 Å². The number of carbonyl (C=O) groups excluding carboxylic acids is 1. The molecule has 1 spiro atoms. The number of likely N-dealkylation sites (tertiary alicyclic amines) is 1. The van der Waals surface area contributed by atoms with Crippen molar-refractivity contribution in [2.45, 2.75) is 56.8 Å². The highest BCUT2D eigenvalue weighted by molar-refractivity contribution is 5.99. The molecule has 8 nitrogen and oxygen atoms in total. The van der Waals surface area contributed by atoms with E-state index in [2.05, 4.69) is 69.3 Å². The molecule has 0 radical (unpaired) electrons. The second-order valence-corrected chi connectivity index (χ2v) is 14.8. The molecule has 0 aromatic heterocycles. The molecule has 4 aromatic carbocycles. The number of fused-ring (bicyclic) bond motifs is 1. The fourth-order valence-electron chi connectivity index (χ4n) is 8.63. The minimum absolute atomic E-state index is 0.0954. The van der Waals surface area contributed by atoms with Crippen molar-refractivity contribution in [2.75, 3.05) is 69.0 Å². The van der Waals surface area contributed by atoms with Crippen LogP contribution in [0, 0.1) is 11.7 Å². The van der Waals surface area contributed by atoms with Crippen molar-refractivity contribution in [3.05, 3.63) is 108 Å². The molecular weight excluding hydrogens is 655 g/mol. The van der Waals surface area contributed by atoms with E-state index < -0.39 is 5.79 Å². The van der Waals surface area contributed by atoms with Crippen LogP contribution in [0.3, 0.4) is 0 Å². The Morgan fingerprint density at radius 3 is 2.31 bits per heavy atom. The number of anilines is 2. The van der Waals surface area contributed by atoms with E-state index in [9.17, 15) is 9.18 Å². The van der Waals surface area contributed by atoms with Gasteiger partial charge in [0, 0.05) is 55.1 Å². The lowest BCUT2D eigenvalue weighted by Gasteiger charge is -2.46. The molecule has 0 saturated carbocycles. The number of aliphatic imine (C=N–C) groups is 1. The highest BCUT2D eigenvalue weighted by Gasteiger charge is 2.49. The monoisotopic (exact) mass is 704 g/mol. The van der Waals surface area contributed by atoms with Crippen LogP contribution in [0.25, 0.3) is 10.8 Å². The van der Waals surface area contributed by atoms with E-state index >= 15 is 0 Å². The first-order valence-electron chi connectivity index (χ1n) is 19.0. The third-order valence-electron chi connectivity index (χ3n) is 11.7. The Morgan fingerprint density at radius 1 is 0.865 bits per heavy atom. The molecule has 52 heavy (non-hydrogen) atoms. The molecule has 4 heterocycles. The number of rotatable bonds is 10. The van der Waals surface area contributed by atoms with Gasteiger partial charge < -0.3 is 28.9 Å². The van der Waals surface area contributed by atoms with E-state index in [1.54, 1.807) is 19.1 Å². The topological polar surface area (TPSA) is 66.8 Å². The predicted molar refractivity (Wildman–Crippen MR) is 204 cm³/mol. The van der Waals surface area contributed by atoms with Gasteiger partial charge in [0.2, 0.25) is 5.90 Å². The van der Waals surface area contributed by atoms with Crippen molar-refractivity contribution < 1.29 is 23.4 Å². The summed E-state index contributed by atoms with van der Waals surface area (Å²) in [5.74, 6) is 0.436. The standard InChI is InChI=1S/C43H49FN4O4/c1-32(49)34-8-9-36-29-40(15-10-35(36)28-34)47-22-16-33(17-23-47)30-50-41-42(48(31-45-41)39-6-3-2-4-7-39)19-24-46(25-20-42)21-5-18-43(51-26-27-52-43)37-11-13-38(44)14-12-37/h2-4,6-15,28-29,33H,5,16-27,30-31H2,1H3. The average molecular weight is 705 g/mol. The Kier molecular flexibility index (Phi) is 10.0. The van der Waals surface area contributed by atoms with Crippen LogP contribution in [-0.2, 0) is 20.0 Å². The zero-order chi connectivity index (χ0) is 35.5. The summed E-state index contributed by atoms with van der Waals surface area (Å²) < 4.78 is 32.7. The molecule has 8 rings (SSSR count). The average Bonchev–Trinajstić information content (AvgIpc) is 3.80. The van der Waals surface area contributed by atoms with E-state index in [-0.39, 0.29) is 17.1 Å². The summed E-state index contributed by atoms with van der Waals surface area (Å²) in [6.45, 7) is 8.86. The summed E-state index contributed by atoms with van der Waals surface area (Å²) in [7, 11) is 0. The van der Waals surface area contributed by atoms with Gasteiger partial charge in [-0.1, -0.05) is 48.5 Å². The van der Waals surface area contributed by atoms with Crippen LogP contribution < -0.4 is 9.80 Å². The van der Waals surface area contributed by atoms with Crippen molar-refractivity contribution in [1.29, 1.82) is 0 Å². The minimum atomic E-state index is -0.791. The molecule has 4 aliphatic rings. The third kappa shape index (κ3) is 7.06. The van der Waals surface area contributed by atoms with Crippen molar-refractivity contribution in [1.82, 2.24) is 4.90 Å². The Morgan fingerprint density at radius 2 is 1.58 bits per heavy atom. The number of hydrogen-bond donors (Lipinski definition) is 0. The lowest BCUT2D eigenvalue weighted by Crippen LogP contribution is -2.58. The number of ether oxygens (including phenoxy) is 3. The Balaban J connectivity index is 0.875. The molecule has 3 saturated heterocycles. The summed E-state index contributed by atoms with van der Waals surface area (Å²) in [6.07, 6.45) is 5.70. The van der Waals surface area contributed by atoms with E-state index in [0.29, 0.717) is 32.4 Å². The molecule has 0 unspecified atom stereocenters. The predicted octanol–water partition coefficient (Wildman–Crippen LogP) is 7.81. The first-order chi connectivity index (χ1) is 25.4. The smallest absolute Gasteiger partial charge is 0.211 e. The normalized spacial score (nSPS) is 20.5. The second-order valence-electron chi connectivity index (χ2n) is 14.8. The van der Waals surface area contributed by atoms with Crippen molar-refractivity contribution in [2.24, 2.45) is 10.9 Å². The maximum Gasteiger partial charge on any atom is 0.211 e. The maximum atomic E-state index is 13.6. The Labute approximate surface area is 306 Å². The quantitative estimate of drug-likeness (QED) is 0.156. The Bertz CT molecular complexity index is 1880. The lowest BCUT2D eigenvalue weighted by molar-refractivity contribution is -0.172. The molecule has 0 atom stereocenters. The number of ketones is 1. The molecule has 3 fully saturated rings. The van der Waals surface area contributed by atoms with Gasteiger partial charge in [-0.15, -0.1) is 0 Å². The zero-order valence-corrected chi connectivity index (χ0v) is 30.1. The number of Topliss-reactive ketones (excluding diaryl/α,β-unsaturated/α-hetero) is 1. The van der Waals surface area contributed by atoms with E-state index in [4.69, 9.17) is 19.2 Å². The zero-order valence-electron chi connectivity index (χ0n) is 30.1. The van der Waals surface area contributed by atoms with Crippen LogP contribution in [0.4, 0.5) is 15.8 Å². The highest BCUT2D eigenvalue weighted by atomic mass is 19.1. The summed E-state index contributed by atoms with van der Waals surface area (Å²) in [4.78, 5) is 24.4.